The van der Waals surface area contributed by atoms with Crippen LogP contribution in [0.5, 0.6) is 0 Å². The molecule has 0 saturated heterocycles. The van der Waals surface area contributed by atoms with Gasteiger partial charge in [0.05, 0.1) is 16.4 Å². The second kappa shape index (κ2) is 7.83. The molecular formula is C18H12ClF6NO2. The SMILES string of the molecule is Cc1ccc(/C=C/C(c2ccc(Cl)c([N+](=O)[O-])c2)C(F)(F)F)cc1C(F)(F)F. The summed E-state index contributed by atoms with van der Waals surface area (Å²) >= 11 is 5.61. The van der Waals surface area contributed by atoms with Crippen LogP contribution >= 0.6 is 11.6 Å². The Balaban J connectivity index is 2.47. The van der Waals surface area contributed by atoms with E-state index in [-0.39, 0.29) is 16.1 Å². The van der Waals surface area contributed by atoms with Gasteiger partial charge in [-0.2, -0.15) is 26.3 Å². The summed E-state index contributed by atoms with van der Waals surface area (Å²) in [5.74, 6) is -2.26. The van der Waals surface area contributed by atoms with E-state index in [4.69, 9.17) is 11.6 Å². The maximum Gasteiger partial charge on any atom is 0.416 e. The van der Waals surface area contributed by atoms with Gasteiger partial charge in [-0.15, -0.1) is 0 Å². The number of nitro groups is 1. The lowest BCUT2D eigenvalue weighted by atomic mass is 9.96. The normalized spacial score (nSPS) is 13.7. The van der Waals surface area contributed by atoms with Gasteiger partial charge in [0, 0.05) is 6.07 Å². The van der Waals surface area contributed by atoms with E-state index in [1.54, 1.807) is 0 Å². The summed E-state index contributed by atoms with van der Waals surface area (Å²) in [6.45, 7) is 1.24. The first-order chi connectivity index (χ1) is 12.8. The van der Waals surface area contributed by atoms with Gasteiger partial charge in [0.1, 0.15) is 5.02 Å². The first-order valence-electron chi connectivity index (χ1n) is 7.67. The smallest absolute Gasteiger partial charge is 0.258 e. The number of nitro benzene ring substituents is 1. The molecule has 0 aromatic heterocycles. The summed E-state index contributed by atoms with van der Waals surface area (Å²) in [5.41, 5.74) is -2.26. The summed E-state index contributed by atoms with van der Waals surface area (Å²) in [4.78, 5) is 9.99. The van der Waals surface area contributed by atoms with Gasteiger partial charge >= 0.3 is 12.4 Å². The van der Waals surface area contributed by atoms with Crippen molar-refractivity contribution in [3.8, 4) is 0 Å². The van der Waals surface area contributed by atoms with Crippen molar-refractivity contribution >= 4 is 23.4 Å². The maximum absolute atomic E-state index is 13.4. The second-order valence-electron chi connectivity index (χ2n) is 5.92. The minimum atomic E-state index is -4.82. The van der Waals surface area contributed by atoms with Gasteiger partial charge in [-0.3, -0.25) is 10.1 Å². The number of nitrogens with zero attached hydrogens (tertiary/aromatic N) is 1. The lowest BCUT2D eigenvalue weighted by Gasteiger charge is -2.17. The Morgan fingerprint density at radius 2 is 1.71 bits per heavy atom. The van der Waals surface area contributed by atoms with Gasteiger partial charge in [0.25, 0.3) is 5.69 Å². The fourth-order valence-corrected chi connectivity index (χ4v) is 2.71. The van der Waals surface area contributed by atoms with Crippen molar-refractivity contribution in [1.82, 2.24) is 0 Å². The summed E-state index contributed by atoms with van der Waals surface area (Å²) < 4.78 is 79.2. The number of allylic oxidation sites excluding steroid dienone is 1. The van der Waals surface area contributed by atoms with Crippen molar-refractivity contribution in [2.24, 2.45) is 0 Å². The highest BCUT2D eigenvalue weighted by Gasteiger charge is 2.40. The molecule has 150 valence electrons. The Labute approximate surface area is 160 Å². The Hall–Kier alpha value is -2.55. The fourth-order valence-electron chi connectivity index (χ4n) is 2.53. The van der Waals surface area contributed by atoms with Crippen LogP contribution in [-0.4, -0.2) is 11.1 Å². The standard InChI is InChI=1S/C18H12ClF6NO2/c1-10-2-3-11(8-14(10)18(23,24)25)4-6-13(17(20,21)22)12-5-7-15(19)16(9-12)26(27)28/h2-9,13H,1H3/b6-4+. The number of benzene rings is 2. The van der Waals surface area contributed by atoms with Crippen LogP contribution in [0.25, 0.3) is 6.08 Å². The number of aryl methyl sites for hydroxylation is 1. The zero-order valence-corrected chi connectivity index (χ0v) is 14.9. The minimum absolute atomic E-state index is 0.0645. The topological polar surface area (TPSA) is 43.1 Å². The van der Waals surface area contributed by atoms with Crippen LogP contribution < -0.4 is 0 Å². The largest absolute Gasteiger partial charge is 0.416 e. The highest BCUT2D eigenvalue weighted by molar-refractivity contribution is 6.32. The molecule has 0 heterocycles. The van der Waals surface area contributed by atoms with Crippen molar-refractivity contribution in [1.29, 1.82) is 0 Å². The van der Waals surface area contributed by atoms with E-state index in [0.29, 0.717) is 12.1 Å². The van der Waals surface area contributed by atoms with E-state index >= 15 is 0 Å². The molecule has 0 saturated carbocycles. The van der Waals surface area contributed by atoms with E-state index in [1.807, 2.05) is 0 Å². The summed E-state index contributed by atoms with van der Waals surface area (Å²) in [6, 6.07) is 5.78. The quantitative estimate of drug-likeness (QED) is 0.304. The summed E-state index contributed by atoms with van der Waals surface area (Å²) in [5, 5.41) is 10.6. The molecule has 2 aromatic rings. The number of hydrogen-bond acceptors (Lipinski definition) is 2. The molecule has 0 aliphatic carbocycles. The van der Waals surface area contributed by atoms with Crippen molar-refractivity contribution in [3.05, 3.63) is 79.9 Å². The molecule has 10 heteroatoms. The third-order valence-corrected chi connectivity index (χ3v) is 4.25. The van der Waals surface area contributed by atoms with Crippen molar-refractivity contribution < 1.29 is 31.3 Å². The molecule has 0 amide bonds. The lowest BCUT2D eigenvalue weighted by Crippen LogP contribution is -2.19. The minimum Gasteiger partial charge on any atom is -0.258 e. The van der Waals surface area contributed by atoms with Crippen molar-refractivity contribution in [2.45, 2.75) is 25.2 Å². The Morgan fingerprint density at radius 1 is 1.07 bits per heavy atom. The molecule has 3 nitrogen and oxygen atoms in total. The highest BCUT2D eigenvalue weighted by atomic mass is 35.5. The van der Waals surface area contributed by atoms with Crippen LogP contribution in [0.15, 0.2) is 42.5 Å². The van der Waals surface area contributed by atoms with Gasteiger partial charge < -0.3 is 0 Å². The van der Waals surface area contributed by atoms with Crippen LogP contribution in [0.3, 0.4) is 0 Å². The number of halogens is 7. The molecule has 0 aliphatic heterocycles. The molecule has 28 heavy (non-hydrogen) atoms. The van der Waals surface area contributed by atoms with Gasteiger partial charge in [-0.1, -0.05) is 42.0 Å². The van der Waals surface area contributed by atoms with Gasteiger partial charge in [-0.25, -0.2) is 0 Å². The molecule has 1 atom stereocenters. The number of alkyl halides is 6. The molecule has 0 N–H and O–H groups in total. The Kier molecular flexibility index (Phi) is 6.08. The molecule has 1 unspecified atom stereocenters. The van der Waals surface area contributed by atoms with E-state index in [2.05, 4.69) is 0 Å². The molecule has 0 aliphatic rings. The number of hydrogen-bond donors (Lipinski definition) is 0. The average Bonchev–Trinajstić information content (AvgIpc) is 2.55. The third kappa shape index (κ3) is 5.03. The maximum atomic E-state index is 13.4. The summed E-state index contributed by atoms with van der Waals surface area (Å²) in [6.07, 6.45) is -7.92. The number of rotatable bonds is 4. The molecule has 2 aromatic carbocycles. The van der Waals surface area contributed by atoms with Crippen LogP contribution in [0.1, 0.15) is 28.2 Å². The van der Waals surface area contributed by atoms with Gasteiger partial charge in [0.2, 0.25) is 0 Å². The molecule has 2 rings (SSSR count). The van der Waals surface area contributed by atoms with E-state index in [9.17, 15) is 36.5 Å². The van der Waals surface area contributed by atoms with Gasteiger partial charge in [0.15, 0.2) is 0 Å². The van der Waals surface area contributed by atoms with E-state index in [1.165, 1.54) is 13.0 Å². The van der Waals surface area contributed by atoms with Gasteiger partial charge in [-0.05, 0) is 35.7 Å². The summed E-state index contributed by atoms with van der Waals surface area (Å²) in [7, 11) is 0. The molecule has 0 fully saturated rings. The van der Waals surface area contributed by atoms with Crippen LogP contribution in [0, 0.1) is 17.0 Å². The van der Waals surface area contributed by atoms with E-state index < -0.39 is 40.0 Å². The van der Waals surface area contributed by atoms with Crippen LogP contribution in [-0.2, 0) is 6.18 Å². The lowest BCUT2D eigenvalue weighted by molar-refractivity contribution is -0.384. The highest BCUT2D eigenvalue weighted by Crippen LogP contribution is 2.39. The Bertz CT molecular complexity index is 921. The van der Waals surface area contributed by atoms with Crippen LogP contribution in [0.4, 0.5) is 32.0 Å². The Morgan fingerprint density at radius 3 is 2.25 bits per heavy atom. The second-order valence-corrected chi connectivity index (χ2v) is 6.33. The predicted octanol–water partition coefficient (Wildman–Crippen LogP) is 6.93. The van der Waals surface area contributed by atoms with E-state index in [0.717, 1.165) is 30.3 Å². The van der Waals surface area contributed by atoms with Crippen molar-refractivity contribution in [2.75, 3.05) is 0 Å². The predicted molar refractivity (Wildman–Crippen MR) is 92.1 cm³/mol. The molecule has 0 spiro atoms. The first kappa shape index (κ1) is 21.7. The van der Waals surface area contributed by atoms with Crippen LogP contribution in [0.2, 0.25) is 5.02 Å². The molecule has 0 bridgehead atoms. The molecule has 0 radical (unpaired) electrons. The first-order valence-corrected chi connectivity index (χ1v) is 8.05. The molecular weight excluding hydrogens is 412 g/mol. The zero-order chi connectivity index (χ0) is 21.3. The third-order valence-electron chi connectivity index (χ3n) is 3.93. The monoisotopic (exact) mass is 423 g/mol. The zero-order valence-electron chi connectivity index (χ0n) is 14.1. The fraction of sp³-hybridized carbons (Fsp3) is 0.222. The van der Waals surface area contributed by atoms with Crippen molar-refractivity contribution in [3.63, 3.8) is 0 Å². The average molecular weight is 424 g/mol.